The standard InChI is InChI=1S/C17H26N4O2/c1-20(15-5-3-2-4-6-15)17(23)14(11-18)12-21-9-7-13(8-10-21)16(19)22/h12-13,15H,2-10H2,1H3,(H2,19,22)/b14-12-. The van der Waals surface area contributed by atoms with Crippen molar-refractivity contribution in [3.63, 3.8) is 0 Å². The first-order valence-corrected chi connectivity index (χ1v) is 8.45. The van der Waals surface area contributed by atoms with Gasteiger partial charge in [0.25, 0.3) is 5.91 Å². The molecule has 6 heteroatoms. The van der Waals surface area contributed by atoms with Crippen LogP contribution in [0.3, 0.4) is 0 Å². The number of primary amides is 1. The minimum atomic E-state index is -0.262. The quantitative estimate of drug-likeness (QED) is 0.626. The van der Waals surface area contributed by atoms with E-state index in [0.717, 1.165) is 25.7 Å². The summed E-state index contributed by atoms with van der Waals surface area (Å²) >= 11 is 0. The van der Waals surface area contributed by atoms with Gasteiger partial charge in [-0.2, -0.15) is 5.26 Å². The zero-order valence-electron chi connectivity index (χ0n) is 13.8. The normalized spacial score (nSPS) is 20.9. The van der Waals surface area contributed by atoms with Crippen molar-refractivity contribution in [3.05, 3.63) is 11.8 Å². The van der Waals surface area contributed by atoms with Crippen LogP contribution in [0.15, 0.2) is 11.8 Å². The first kappa shape index (κ1) is 17.3. The molecule has 0 unspecified atom stereocenters. The molecule has 2 N–H and O–H groups in total. The Labute approximate surface area is 137 Å². The van der Waals surface area contributed by atoms with Crippen LogP contribution in [0.5, 0.6) is 0 Å². The van der Waals surface area contributed by atoms with Crippen molar-refractivity contribution < 1.29 is 9.59 Å². The van der Waals surface area contributed by atoms with Crippen molar-refractivity contribution in [2.24, 2.45) is 11.7 Å². The maximum absolute atomic E-state index is 12.6. The number of hydrogen-bond donors (Lipinski definition) is 1. The molecule has 2 rings (SSSR count). The highest BCUT2D eigenvalue weighted by atomic mass is 16.2. The summed E-state index contributed by atoms with van der Waals surface area (Å²) in [6.07, 6.45) is 8.57. The molecule has 0 spiro atoms. The van der Waals surface area contributed by atoms with Crippen molar-refractivity contribution in [2.75, 3.05) is 20.1 Å². The predicted octanol–water partition coefficient (Wildman–Crippen LogP) is 1.38. The molecule has 0 bridgehead atoms. The van der Waals surface area contributed by atoms with E-state index < -0.39 is 0 Å². The van der Waals surface area contributed by atoms with E-state index in [1.807, 2.05) is 11.0 Å². The fourth-order valence-corrected chi connectivity index (χ4v) is 3.45. The van der Waals surface area contributed by atoms with E-state index in [4.69, 9.17) is 5.73 Å². The van der Waals surface area contributed by atoms with Gasteiger partial charge in [-0.25, -0.2) is 0 Å². The molecule has 1 heterocycles. The number of likely N-dealkylation sites (N-methyl/N-ethyl adjacent to an activating group) is 1. The van der Waals surface area contributed by atoms with E-state index in [2.05, 4.69) is 0 Å². The minimum absolute atomic E-state index is 0.0919. The number of nitrogens with two attached hydrogens (primary N) is 1. The third kappa shape index (κ3) is 4.47. The molecule has 0 aromatic carbocycles. The summed E-state index contributed by atoms with van der Waals surface area (Å²) in [6.45, 7) is 1.30. The van der Waals surface area contributed by atoms with E-state index in [1.165, 1.54) is 6.42 Å². The molecule has 1 saturated heterocycles. The molecule has 0 radical (unpaired) electrons. The Kier molecular flexibility index (Phi) is 6.03. The largest absolute Gasteiger partial charge is 0.376 e. The van der Waals surface area contributed by atoms with Gasteiger partial charge in [0.2, 0.25) is 5.91 Å². The molecule has 2 amide bonds. The lowest BCUT2D eigenvalue weighted by atomic mass is 9.94. The van der Waals surface area contributed by atoms with Gasteiger partial charge in [0.15, 0.2) is 0 Å². The van der Waals surface area contributed by atoms with Crippen LogP contribution in [0.2, 0.25) is 0 Å². The third-order valence-electron chi connectivity index (χ3n) is 5.04. The van der Waals surface area contributed by atoms with Crippen LogP contribution in [0.25, 0.3) is 0 Å². The van der Waals surface area contributed by atoms with Gasteiger partial charge >= 0.3 is 0 Å². The molecule has 0 atom stereocenters. The van der Waals surface area contributed by atoms with E-state index in [-0.39, 0.29) is 29.3 Å². The molecule has 6 nitrogen and oxygen atoms in total. The van der Waals surface area contributed by atoms with E-state index in [9.17, 15) is 14.9 Å². The van der Waals surface area contributed by atoms with Crippen LogP contribution in [-0.4, -0.2) is 47.8 Å². The average Bonchev–Trinajstić information content (AvgIpc) is 2.59. The lowest BCUT2D eigenvalue weighted by Crippen LogP contribution is -2.40. The maximum atomic E-state index is 12.6. The Hall–Kier alpha value is -2.03. The summed E-state index contributed by atoms with van der Waals surface area (Å²) in [5.41, 5.74) is 5.50. The van der Waals surface area contributed by atoms with Crippen LogP contribution in [0.4, 0.5) is 0 Å². The molecule has 1 aliphatic carbocycles. The number of carbonyl (C=O) groups excluding carboxylic acids is 2. The Morgan fingerprint density at radius 2 is 1.78 bits per heavy atom. The summed E-state index contributed by atoms with van der Waals surface area (Å²) in [4.78, 5) is 27.4. The number of rotatable bonds is 4. The van der Waals surface area contributed by atoms with Gasteiger partial charge in [0.1, 0.15) is 11.6 Å². The maximum Gasteiger partial charge on any atom is 0.265 e. The molecule has 0 aromatic heterocycles. The van der Waals surface area contributed by atoms with E-state index >= 15 is 0 Å². The molecule has 0 aromatic rings. The summed E-state index contributed by atoms with van der Waals surface area (Å²) in [5, 5.41) is 9.35. The molecule has 1 aliphatic heterocycles. The van der Waals surface area contributed by atoms with E-state index in [1.54, 1.807) is 18.1 Å². The predicted molar refractivity (Wildman–Crippen MR) is 86.8 cm³/mol. The highest BCUT2D eigenvalue weighted by Gasteiger charge is 2.26. The molecular weight excluding hydrogens is 292 g/mol. The Bertz CT molecular complexity index is 509. The number of carbonyl (C=O) groups is 2. The number of likely N-dealkylation sites (tertiary alicyclic amines) is 1. The molecule has 1 saturated carbocycles. The second-order valence-corrected chi connectivity index (χ2v) is 6.58. The number of hydrogen-bond acceptors (Lipinski definition) is 4. The fourth-order valence-electron chi connectivity index (χ4n) is 3.45. The molecule has 23 heavy (non-hydrogen) atoms. The Balaban J connectivity index is 1.97. The smallest absolute Gasteiger partial charge is 0.265 e. The van der Waals surface area contributed by atoms with Crippen LogP contribution in [-0.2, 0) is 9.59 Å². The third-order valence-corrected chi connectivity index (χ3v) is 5.04. The Morgan fingerprint density at radius 3 is 2.30 bits per heavy atom. The number of amides is 2. The van der Waals surface area contributed by atoms with Gasteiger partial charge < -0.3 is 15.5 Å². The highest BCUT2D eigenvalue weighted by Crippen LogP contribution is 2.23. The van der Waals surface area contributed by atoms with Gasteiger partial charge in [-0.3, -0.25) is 9.59 Å². The lowest BCUT2D eigenvalue weighted by molar-refractivity contribution is -0.128. The second-order valence-electron chi connectivity index (χ2n) is 6.58. The fraction of sp³-hybridized carbons (Fsp3) is 0.706. The van der Waals surface area contributed by atoms with Gasteiger partial charge in [0.05, 0.1) is 0 Å². The van der Waals surface area contributed by atoms with Crippen LogP contribution in [0, 0.1) is 17.2 Å². The highest BCUT2D eigenvalue weighted by molar-refractivity contribution is 5.97. The zero-order valence-corrected chi connectivity index (χ0v) is 13.8. The summed E-state index contributed by atoms with van der Waals surface area (Å²) < 4.78 is 0. The summed E-state index contributed by atoms with van der Waals surface area (Å²) in [7, 11) is 1.79. The second kappa shape index (κ2) is 8.00. The van der Waals surface area contributed by atoms with Gasteiger partial charge in [-0.15, -0.1) is 0 Å². The van der Waals surface area contributed by atoms with E-state index in [0.29, 0.717) is 25.9 Å². The zero-order chi connectivity index (χ0) is 16.8. The van der Waals surface area contributed by atoms with Crippen molar-refractivity contribution in [2.45, 2.75) is 51.0 Å². The topological polar surface area (TPSA) is 90.4 Å². The van der Waals surface area contributed by atoms with Crippen LogP contribution >= 0.6 is 0 Å². The summed E-state index contributed by atoms with van der Waals surface area (Å²) in [6, 6.07) is 2.28. The van der Waals surface area contributed by atoms with Crippen molar-refractivity contribution in [1.82, 2.24) is 9.80 Å². The van der Waals surface area contributed by atoms with Crippen LogP contribution in [0.1, 0.15) is 44.9 Å². The molecule has 2 fully saturated rings. The number of nitrogens with zero attached hydrogens (tertiary/aromatic N) is 3. The molecular formula is C17H26N4O2. The van der Waals surface area contributed by atoms with Gasteiger partial charge in [-0.05, 0) is 25.7 Å². The summed E-state index contributed by atoms with van der Waals surface area (Å²) in [5.74, 6) is -0.551. The van der Waals surface area contributed by atoms with Gasteiger partial charge in [0, 0.05) is 38.3 Å². The number of nitriles is 1. The van der Waals surface area contributed by atoms with Crippen molar-refractivity contribution in [1.29, 1.82) is 5.26 Å². The monoisotopic (exact) mass is 318 g/mol. The SMILES string of the molecule is CN(C(=O)/C(C#N)=C\N1CCC(C(N)=O)CC1)C1CCCCC1. The van der Waals surface area contributed by atoms with Crippen molar-refractivity contribution >= 4 is 11.8 Å². The minimum Gasteiger partial charge on any atom is -0.376 e. The molecule has 2 aliphatic rings. The van der Waals surface area contributed by atoms with Crippen molar-refractivity contribution in [3.8, 4) is 6.07 Å². The Morgan fingerprint density at radius 1 is 1.17 bits per heavy atom. The van der Waals surface area contributed by atoms with Crippen LogP contribution < -0.4 is 5.73 Å². The average molecular weight is 318 g/mol. The first-order chi connectivity index (χ1) is 11.0. The molecule has 126 valence electrons. The lowest BCUT2D eigenvalue weighted by Gasteiger charge is -2.32. The number of piperidine rings is 1. The first-order valence-electron chi connectivity index (χ1n) is 8.45. The van der Waals surface area contributed by atoms with Gasteiger partial charge in [-0.1, -0.05) is 19.3 Å².